The fourth-order valence-corrected chi connectivity index (χ4v) is 10.4. The van der Waals surface area contributed by atoms with Crippen LogP contribution in [0.15, 0.2) is 12.2 Å². The number of unbranched alkanes of at least 4 members (excludes halogenated alkanes) is 43. The lowest BCUT2D eigenvalue weighted by Gasteiger charge is -2.26. The minimum atomic E-state index is -4.30. The fourth-order valence-electron chi connectivity index (χ4n) is 9.63. The topological polar surface area (TPSA) is 105 Å². The number of likely N-dealkylation sites (N-methyl/N-ethyl adjacent to an activating group) is 1. The molecule has 1 amide bonds. The lowest BCUT2D eigenvalue weighted by Crippen LogP contribution is -2.46. The van der Waals surface area contributed by atoms with Crippen LogP contribution in [-0.4, -0.2) is 73.4 Å². The highest BCUT2D eigenvalue weighted by Gasteiger charge is 2.28. The molecular weight excluding hydrogens is 888 g/mol. The van der Waals surface area contributed by atoms with Crippen molar-refractivity contribution in [3.8, 4) is 0 Å². The molecule has 9 heteroatoms. The first kappa shape index (κ1) is 69.2. The van der Waals surface area contributed by atoms with Crippen molar-refractivity contribution in [2.45, 2.75) is 334 Å². The van der Waals surface area contributed by atoms with Crippen LogP contribution >= 0.6 is 7.82 Å². The Bertz CT molecular complexity index is 1150. The summed E-state index contributed by atoms with van der Waals surface area (Å²) in [7, 11) is 1.63. The average molecular weight is 1010 g/mol. The van der Waals surface area contributed by atoms with E-state index in [1.54, 1.807) is 0 Å². The molecule has 0 aliphatic rings. The molecule has 0 rings (SSSR count). The van der Waals surface area contributed by atoms with E-state index in [0.29, 0.717) is 23.9 Å². The minimum absolute atomic E-state index is 0.0775. The number of hydrogen-bond acceptors (Lipinski definition) is 5. The summed E-state index contributed by atoms with van der Waals surface area (Å²) in [6, 6.07) is -0.753. The number of nitrogens with zero attached hydrogens (tertiary/aromatic N) is 1. The zero-order valence-electron chi connectivity index (χ0n) is 47.8. The van der Waals surface area contributed by atoms with Crippen LogP contribution in [0.25, 0.3) is 0 Å². The van der Waals surface area contributed by atoms with E-state index in [2.05, 4.69) is 31.3 Å². The van der Waals surface area contributed by atoms with Crippen molar-refractivity contribution in [2.75, 3.05) is 40.9 Å². The molecule has 0 radical (unpaired) electrons. The van der Waals surface area contributed by atoms with Gasteiger partial charge in [-0.3, -0.25) is 13.8 Å². The van der Waals surface area contributed by atoms with Crippen molar-refractivity contribution in [1.29, 1.82) is 0 Å². The first-order chi connectivity index (χ1) is 34.0. The first-order valence-corrected chi connectivity index (χ1v) is 32.5. The molecule has 0 bridgehead atoms. The van der Waals surface area contributed by atoms with Crippen LogP contribution in [0, 0.1) is 0 Å². The van der Waals surface area contributed by atoms with E-state index in [4.69, 9.17) is 9.05 Å². The third-order valence-corrected chi connectivity index (χ3v) is 15.5. The average Bonchev–Trinajstić information content (AvgIpc) is 3.32. The Balaban J connectivity index is 3.65. The molecular formula is C61H124N2O6P+. The molecule has 70 heavy (non-hydrogen) atoms. The number of phosphoric ester groups is 1. The predicted octanol–water partition coefficient (Wildman–Crippen LogP) is 19.0. The van der Waals surface area contributed by atoms with Gasteiger partial charge in [0.15, 0.2) is 0 Å². The molecule has 418 valence electrons. The molecule has 0 aromatic heterocycles. The summed E-state index contributed by atoms with van der Waals surface area (Å²) in [4.78, 5) is 23.1. The summed E-state index contributed by atoms with van der Waals surface area (Å²) in [5.41, 5.74) is 0. The molecule has 0 fully saturated rings. The highest BCUT2D eigenvalue weighted by Crippen LogP contribution is 2.43. The van der Waals surface area contributed by atoms with Crippen LogP contribution < -0.4 is 5.32 Å². The largest absolute Gasteiger partial charge is 0.472 e. The zero-order chi connectivity index (χ0) is 51.3. The number of rotatable bonds is 58. The second kappa shape index (κ2) is 53.1. The van der Waals surface area contributed by atoms with E-state index in [0.717, 1.165) is 38.5 Å². The second-order valence-electron chi connectivity index (χ2n) is 22.8. The molecule has 0 aliphatic heterocycles. The summed E-state index contributed by atoms with van der Waals surface area (Å²) in [5.74, 6) is -0.142. The number of amides is 1. The van der Waals surface area contributed by atoms with Gasteiger partial charge in [-0.05, 0) is 38.5 Å². The molecule has 3 N–H and O–H groups in total. The quantitative estimate of drug-likeness (QED) is 0.0243. The summed E-state index contributed by atoms with van der Waals surface area (Å²) in [5, 5.41) is 13.9. The number of phosphoric acid groups is 1. The van der Waals surface area contributed by atoms with Gasteiger partial charge in [-0.1, -0.05) is 289 Å². The number of allylic oxidation sites excluding steroid dienone is 2. The Hall–Kier alpha value is -0.760. The number of aliphatic hydroxyl groups excluding tert-OH is 1. The van der Waals surface area contributed by atoms with Gasteiger partial charge < -0.3 is 19.8 Å². The van der Waals surface area contributed by atoms with E-state index >= 15 is 0 Å². The third kappa shape index (κ3) is 55.0. The van der Waals surface area contributed by atoms with Crippen molar-refractivity contribution < 1.29 is 32.9 Å². The van der Waals surface area contributed by atoms with E-state index < -0.39 is 20.0 Å². The third-order valence-electron chi connectivity index (χ3n) is 14.5. The Morgan fingerprint density at radius 1 is 0.471 bits per heavy atom. The van der Waals surface area contributed by atoms with E-state index in [-0.39, 0.29) is 19.1 Å². The summed E-state index contributed by atoms with van der Waals surface area (Å²) < 4.78 is 23.6. The molecule has 0 aromatic carbocycles. The highest BCUT2D eigenvalue weighted by atomic mass is 31.2. The Labute approximate surface area is 437 Å². The molecule has 0 saturated carbocycles. The molecule has 0 aliphatic carbocycles. The van der Waals surface area contributed by atoms with Gasteiger partial charge in [0.25, 0.3) is 0 Å². The van der Waals surface area contributed by atoms with Gasteiger partial charge in [-0.25, -0.2) is 4.57 Å². The normalized spacial score (nSPS) is 13.9. The Morgan fingerprint density at radius 3 is 1.10 bits per heavy atom. The van der Waals surface area contributed by atoms with Crippen molar-refractivity contribution in [3.63, 3.8) is 0 Å². The minimum Gasteiger partial charge on any atom is -0.391 e. The van der Waals surface area contributed by atoms with Crippen LogP contribution in [0.1, 0.15) is 322 Å². The summed E-state index contributed by atoms with van der Waals surface area (Å²) in [6.45, 7) is 4.87. The van der Waals surface area contributed by atoms with Crippen LogP contribution in [0.4, 0.5) is 0 Å². The summed E-state index contributed by atoms with van der Waals surface area (Å²) >= 11 is 0. The van der Waals surface area contributed by atoms with Gasteiger partial charge in [0.1, 0.15) is 13.2 Å². The SMILES string of the molecule is CCCCCCCCCC/C=C\CCCCCCCCCCCCCCCCCCCCCCCCCCCCCCCC(=O)NC(COP(=O)(O)OCC[N+](C)(C)C)C(O)CCCCCCCCC. The number of nitrogens with one attached hydrogen (secondary N) is 1. The Kier molecular flexibility index (Phi) is 52.5. The van der Waals surface area contributed by atoms with Crippen molar-refractivity contribution in [3.05, 3.63) is 12.2 Å². The fraction of sp³-hybridized carbons (Fsp3) is 0.951. The molecule has 0 heterocycles. The van der Waals surface area contributed by atoms with Gasteiger partial charge in [-0.15, -0.1) is 0 Å². The van der Waals surface area contributed by atoms with Crippen LogP contribution in [0.3, 0.4) is 0 Å². The van der Waals surface area contributed by atoms with Crippen LogP contribution in [0.2, 0.25) is 0 Å². The first-order valence-electron chi connectivity index (χ1n) is 31.1. The maximum absolute atomic E-state index is 12.9. The number of carbonyl (C=O) groups excluding carboxylic acids is 1. The Morgan fingerprint density at radius 2 is 0.771 bits per heavy atom. The summed E-state index contributed by atoms with van der Waals surface area (Å²) in [6.07, 6.45) is 66.4. The van der Waals surface area contributed by atoms with Gasteiger partial charge in [-0.2, -0.15) is 0 Å². The molecule has 0 spiro atoms. The van der Waals surface area contributed by atoms with E-state index in [1.165, 1.54) is 257 Å². The monoisotopic (exact) mass is 1010 g/mol. The molecule has 0 aromatic rings. The van der Waals surface area contributed by atoms with Gasteiger partial charge in [0, 0.05) is 6.42 Å². The van der Waals surface area contributed by atoms with E-state index in [1.807, 2.05) is 21.1 Å². The zero-order valence-corrected chi connectivity index (χ0v) is 48.7. The number of quaternary nitrogens is 1. The number of carbonyl (C=O) groups is 1. The molecule has 8 nitrogen and oxygen atoms in total. The highest BCUT2D eigenvalue weighted by molar-refractivity contribution is 7.47. The number of aliphatic hydroxyl groups is 1. The van der Waals surface area contributed by atoms with Crippen molar-refractivity contribution in [1.82, 2.24) is 5.32 Å². The van der Waals surface area contributed by atoms with Crippen LogP contribution in [0.5, 0.6) is 0 Å². The molecule has 3 atom stereocenters. The smallest absolute Gasteiger partial charge is 0.391 e. The van der Waals surface area contributed by atoms with Gasteiger partial charge in [0.2, 0.25) is 5.91 Å². The maximum atomic E-state index is 12.9. The maximum Gasteiger partial charge on any atom is 0.472 e. The standard InChI is InChI=1S/C61H123N2O6P/c1-6-8-10-12-14-15-16-17-18-19-20-21-22-23-24-25-26-27-28-29-30-31-32-33-34-35-36-37-38-39-40-41-42-43-44-45-46-47-49-51-53-55-61(65)62-59(60(64)54-52-50-48-13-11-9-7-2)58-69-70(66,67)68-57-56-63(3,4)5/h19-20,59-60,64H,6-18,21-58H2,1-5H3,(H-,62,65,66,67)/p+1/b20-19-. The van der Waals surface area contributed by atoms with E-state index in [9.17, 15) is 19.4 Å². The lowest BCUT2D eigenvalue weighted by molar-refractivity contribution is -0.870. The van der Waals surface area contributed by atoms with Crippen molar-refractivity contribution in [2.24, 2.45) is 0 Å². The second-order valence-corrected chi connectivity index (χ2v) is 24.2. The van der Waals surface area contributed by atoms with Crippen LogP contribution in [-0.2, 0) is 18.4 Å². The molecule has 0 saturated heterocycles. The van der Waals surface area contributed by atoms with Crippen molar-refractivity contribution >= 4 is 13.7 Å². The lowest BCUT2D eigenvalue weighted by atomic mass is 10.0. The molecule has 3 unspecified atom stereocenters. The number of hydrogen-bond donors (Lipinski definition) is 3. The van der Waals surface area contributed by atoms with Gasteiger partial charge in [0.05, 0.1) is 39.9 Å². The predicted molar refractivity (Wildman–Crippen MR) is 305 cm³/mol. The van der Waals surface area contributed by atoms with Gasteiger partial charge >= 0.3 is 7.82 Å².